The highest BCUT2D eigenvalue weighted by molar-refractivity contribution is 7.89. The first-order valence-electron chi connectivity index (χ1n) is 6.89. The third kappa shape index (κ3) is 3.42. The second-order valence-electron chi connectivity index (χ2n) is 5.49. The highest BCUT2D eigenvalue weighted by Crippen LogP contribution is 2.22. The number of primary amides is 1. The fourth-order valence-electron chi connectivity index (χ4n) is 2.54. The van der Waals surface area contributed by atoms with Gasteiger partial charge in [-0.15, -0.1) is 0 Å². The van der Waals surface area contributed by atoms with Gasteiger partial charge in [0.25, 0.3) is 0 Å². The summed E-state index contributed by atoms with van der Waals surface area (Å²) in [5.41, 5.74) is 5.46. The predicted molar refractivity (Wildman–Crippen MR) is 80.4 cm³/mol. The fraction of sp³-hybridized carbons (Fsp3) is 0.500. The van der Waals surface area contributed by atoms with E-state index in [4.69, 9.17) is 5.73 Å². The minimum Gasteiger partial charge on any atom is -0.366 e. The van der Waals surface area contributed by atoms with Crippen LogP contribution in [-0.4, -0.2) is 56.8 Å². The number of carbonyl (C=O) groups is 1. The van der Waals surface area contributed by atoms with E-state index in [-0.39, 0.29) is 4.90 Å². The summed E-state index contributed by atoms with van der Waals surface area (Å²) in [4.78, 5) is 13.4. The number of sulfonamides is 1. The van der Waals surface area contributed by atoms with E-state index < -0.39 is 15.9 Å². The van der Waals surface area contributed by atoms with Crippen molar-refractivity contribution in [3.63, 3.8) is 0 Å². The van der Waals surface area contributed by atoms with Crippen LogP contribution >= 0.6 is 0 Å². The molecule has 0 spiro atoms. The molecule has 7 heteroatoms. The van der Waals surface area contributed by atoms with E-state index in [1.807, 2.05) is 14.1 Å². The van der Waals surface area contributed by atoms with Gasteiger partial charge in [-0.2, -0.15) is 4.31 Å². The van der Waals surface area contributed by atoms with E-state index in [1.54, 1.807) is 0 Å². The number of benzene rings is 1. The first kappa shape index (κ1) is 15.9. The van der Waals surface area contributed by atoms with Crippen LogP contribution < -0.4 is 5.73 Å². The van der Waals surface area contributed by atoms with Gasteiger partial charge >= 0.3 is 0 Å². The molecule has 1 aliphatic heterocycles. The van der Waals surface area contributed by atoms with Crippen molar-refractivity contribution < 1.29 is 13.2 Å². The zero-order chi connectivity index (χ0) is 15.6. The average molecular weight is 311 g/mol. The summed E-state index contributed by atoms with van der Waals surface area (Å²) in [5.74, 6) is -0.564. The minimum absolute atomic E-state index is 0.204. The number of nitrogens with zero attached hydrogens (tertiary/aromatic N) is 2. The Bertz CT molecular complexity index is 603. The molecule has 2 rings (SSSR count). The Hall–Kier alpha value is -1.44. The van der Waals surface area contributed by atoms with Crippen molar-refractivity contribution in [3.8, 4) is 0 Å². The molecule has 6 nitrogen and oxygen atoms in total. The third-order valence-corrected chi connectivity index (χ3v) is 5.84. The van der Waals surface area contributed by atoms with Crippen molar-refractivity contribution in [1.82, 2.24) is 9.21 Å². The molecule has 21 heavy (non-hydrogen) atoms. The monoisotopic (exact) mass is 311 g/mol. The second kappa shape index (κ2) is 6.13. The SMILES string of the molecule is CN(C)C1CCN(S(=O)(=O)c2ccc(C(N)=O)cc2)CC1. The summed E-state index contributed by atoms with van der Waals surface area (Å²) in [6.45, 7) is 1.03. The Morgan fingerprint density at radius 2 is 1.71 bits per heavy atom. The van der Waals surface area contributed by atoms with Gasteiger partial charge in [0.05, 0.1) is 4.90 Å². The maximum Gasteiger partial charge on any atom is 0.248 e. The quantitative estimate of drug-likeness (QED) is 0.877. The number of rotatable bonds is 4. The second-order valence-corrected chi connectivity index (χ2v) is 7.43. The van der Waals surface area contributed by atoms with E-state index in [0.29, 0.717) is 24.7 Å². The zero-order valence-corrected chi connectivity index (χ0v) is 13.1. The van der Waals surface area contributed by atoms with Crippen LogP contribution in [0.1, 0.15) is 23.2 Å². The van der Waals surface area contributed by atoms with E-state index in [9.17, 15) is 13.2 Å². The minimum atomic E-state index is -3.49. The number of nitrogens with two attached hydrogens (primary N) is 1. The molecular formula is C14H21N3O3S. The van der Waals surface area contributed by atoms with Crippen molar-refractivity contribution in [1.29, 1.82) is 0 Å². The smallest absolute Gasteiger partial charge is 0.248 e. The molecule has 1 saturated heterocycles. The summed E-state index contributed by atoms with van der Waals surface area (Å²) in [5, 5.41) is 0. The van der Waals surface area contributed by atoms with Gasteiger partial charge in [-0.05, 0) is 51.2 Å². The van der Waals surface area contributed by atoms with Gasteiger partial charge in [-0.1, -0.05) is 0 Å². The zero-order valence-electron chi connectivity index (χ0n) is 12.3. The maximum absolute atomic E-state index is 12.5. The average Bonchev–Trinajstić information content (AvgIpc) is 2.47. The number of hydrogen-bond donors (Lipinski definition) is 1. The maximum atomic E-state index is 12.5. The molecular weight excluding hydrogens is 290 g/mol. The molecule has 0 saturated carbocycles. The van der Waals surface area contributed by atoms with Crippen LogP contribution in [0.25, 0.3) is 0 Å². The Morgan fingerprint density at radius 1 is 1.19 bits per heavy atom. The molecule has 1 heterocycles. The summed E-state index contributed by atoms with van der Waals surface area (Å²) < 4.78 is 26.6. The summed E-state index contributed by atoms with van der Waals surface area (Å²) >= 11 is 0. The van der Waals surface area contributed by atoms with Crippen LogP contribution in [0.5, 0.6) is 0 Å². The van der Waals surface area contributed by atoms with Gasteiger partial charge in [0, 0.05) is 24.7 Å². The van der Waals surface area contributed by atoms with Gasteiger partial charge < -0.3 is 10.6 Å². The molecule has 0 unspecified atom stereocenters. The Balaban J connectivity index is 2.13. The van der Waals surface area contributed by atoms with Gasteiger partial charge in [-0.3, -0.25) is 4.79 Å². The lowest BCUT2D eigenvalue weighted by molar-refractivity contribution is 0.1000. The molecule has 0 atom stereocenters. The number of amides is 1. The van der Waals surface area contributed by atoms with Gasteiger partial charge in [0.1, 0.15) is 0 Å². The largest absolute Gasteiger partial charge is 0.366 e. The highest BCUT2D eigenvalue weighted by atomic mass is 32.2. The van der Waals surface area contributed by atoms with Crippen LogP contribution in [0, 0.1) is 0 Å². The Morgan fingerprint density at radius 3 is 2.14 bits per heavy atom. The van der Waals surface area contributed by atoms with Crippen LogP contribution in [0.3, 0.4) is 0 Å². The molecule has 0 bridgehead atoms. The van der Waals surface area contributed by atoms with Crippen LogP contribution in [-0.2, 0) is 10.0 Å². The van der Waals surface area contributed by atoms with Crippen molar-refractivity contribution in [2.24, 2.45) is 5.73 Å². The first-order chi connectivity index (χ1) is 9.82. The standard InChI is InChI=1S/C14H21N3O3S/c1-16(2)12-7-9-17(10-8-12)21(19,20)13-5-3-11(4-6-13)14(15)18/h3-6,12H,7-10H2,1-2H3,(H2,15,18). The molecule has 1 aromatic rings. The van der Waals surface area contributed by atoms with Crippen LogP contribution in [0.15, 0.2) is 29.2 Å². The van der Waals surface area contributed by atoms with E-state index in [1.165, 1.54) is 28.6 Å². The number of hydrogen-bond acceptors (Lipinski definition) is 4. The summed E-state index contributed by atoms with van der Waals surface area (Å²) in [6.07, 6.45) is 1.65. The molecule has 0 aliphatic carbocycles. The van der Waals surface area contributed by atoms with Crippen molar-refractivity contribution in [2.45, 2.75) is 23.8 Å². The van der Waals surface area contributed by atoms with Crippen molar-refractivity contribution in [3.05, 3.63) is 29.8 Å². The van der Waals surface area contributed by atoms with Gasteiger partial charge in [0.15, 0.2) is 0 Å². The normalized spacial score (nSPS) is 18.0. The fourth-order valence-corrected chi connectivity index (χ4v) is 4.01. The Kier molecular flexibility index (Phi) is 4.65. The molecule has 1 fully saturated rings. The third-order valence-electron chi connectivity index (χ3n) is 3.93. The molecule has 0 radical (unpaired) electrons. The number of carbonyl (C=O) groups excluding carboxylic acids is 1. The van der Waals surface area contributed by atoms with E-state index >= 15 is 0 Å². The molecule has 1 aromatic carbocycles. The van der Waals surface area contributed by atoms with Crippen molar-refractivity contribution >= 4 is 15.9 Å². The van der Waals surface area contributed by atoms with E-state index in [0.717, 1.165) is 12.8 Å². The molecule has 0 aromatic heterocycles. The molecule has 1 aliphatic rings. The lowest BCUT2D eigenvalue weighted by Gasteiger charge is -2.34. The lowest BCUT2D eigenvalue weighted by atomic mass is 10.1. The van der Waals surface area contributed by atoms with E-state index in [2.05, 4.69) is 4.90 Å². The summed E-state index contributed by atoms with van der Waals surface area (Å²) in [7, 11) is 0.532. The molecule has 2 N–H and O–H groups in total. The summed E-state index contributed by atoms with van der Waals surface area (Å²) in [6, 6.07) is 6.19. The first-order valence-corrected chi connectivity index (χ1v) is 8.33. The van der Waals surface area contributed by atoms with Gasteiger partial charge in [-0.25, -0.2) is 8.42 Å². The van der Waals surface area contributed by atoms with Gasteiger partial charge in [0.2, 0.25) is 15.9 Å². The van der Waals surface area contributed by atoms with Crippen molar-refractivity contribution in [2.75, 3.05) is 27.2 Å². The molecule has 116 valence electrons. The van der Waals surface area contributed by atoms with Crippen LogP contribution in [0.2, 0.25) is 0 Å². The van der Waals surface area contributed by atoms with Crippen LogP contribution in [0.4, 0.5) is 0 Å². The molecule has 1 amide bonds. The highest BCUT2D eigenvalue weighted by Gasteiger charge is 2.29. The topological polar surface area (TPSA) is 83.7 Å². The number of piperidine rings is 1. The Labute approximate surface area is 125 Å². The predicted octanol–water partition coefficient (Wildman–Crippen LogP) is 0.500. The lowest BCUT2D eigenvalue weighted by Crippen LogP contribution is -2.44.